The van der Waals surface area contributed by atoms with Gasteiger partial charge in [-0.3, -0.25) is 9.69 Å². The van der Waals surface area contributed by atoms with E-state index in [1.807, 2.05) is 0 Å². The van der Waals surface area contributed by atoms with Crippen LogP contribution in [0.3, 0.4) is 0 Å². The molecule has 8 nitrogen and oxygen atoms in total. The summed E-state index contributed by atoms with van der Waals surface area (Å²) in [7, 11) is 1.36. The van der Waals surface area contributed by atoms with E-state index >= 15 is 0 Å². The van der Waals surface area contributed by atoms with Crippen LogP contribution in [0.25, 0.3) is 0 Å². The van der Waals surface area contributed by atoms with E-state index < -0.39 is 48.6 Å². The standard InChI is InChI=1S/C19H17F5N4O4/c1-31-9-14(10-2-4-12(5-3-10)32-19(22,23)24)27-18(30)28-8-15(29)26-13-6-11(16(20)21)7-25-17(13)28/h2-7,14,16H,8-9H2,1H3,(H,26,29)(H,27,30). The largest absolute Gasteiger partial charge is 0.573 e. The van der Waals surface area contributed by atoms with Crippen LogP contribution < -0.4 is 20.3 Å². The van der Waals surface area contributed by atoms with Crippen LogP contribution in [-0.4, -0.2) is 43.5 Å². The Hall–Kier alpha value is -3.48. The highest BCUT2D eigenvalue weighted by atomic mass is 19.4. The van der Waals surface area contributed by atoms with E-state index in [0.29, 0.717) is 5.56 Å². The number of methoxy groups -OCH3 is 1. The van der Waals surface area contributed by atoms with E-state index in [9.17, 15) is 31.5 Å². The fourth-order valence-electron chi connectivity index (χ4n) is 2.99. The number of aromatic nitrogens is 1. The zero-order valence-electron chi connectivity index (χ0n) is 16.5. The maximum absolute atomic E-state index is 12.9. The second kappa shape index (κ2) is 9.34. The van der Waals surface area contributed by atoms with Gasteiger partial charge in [0.2, 0.25) is 5.91 Å². The van der Waals surface area contributed by atoms with Crippen molar-refractivity contribution >= 4 is 23.4 Å². The minimum atomic E-state index is -4.85. The number of hydrogen-bond acceptors (Lipinski definition) is 5. The Labute approximate surface area is 178 Å². The molecule has 1 aromatic heterocycles. The van der Waals surface area contributed by atoms with Gasteiger partial charge >= 0.3 is 12.4 Å². The third-order valence-corrected chi connectivity index (χ3v) is 4.36. The summed E-state index contributed by atoms with van der Waals surface area (Å²) < 4.78 is 71.7. The number of urea groups is 1. The zero-order chi connectivity index (χ0) is 23.5. The molecule has 0 aliphatic carbocycles. The first-order valence-electron chi connectivity index (χ1n) is 9.08. The fourth-order valence-corrected chi connectivity index (χ4v) is 2.99. The maximum Gasteiger partial charge on any atom is 0.573 e. The molecule has 2 N–H and O–H groups in total. The van der Waals surface area contributed by atoms with E-state index in [0.717, 1.165) is 29.3 Å². The Kier molecular flexibility index (Phi) is 6.77. The number of amides is 3. The van der Waals surface area contributed by atoms with Crippen molar-refractivity contribution < 1.29 is 41.0 Å². The topological polar surface area (TPSA) is 92.8 Å². The first-order valence-corrected chi connectivity index (χ1v) is 9.08. The van der Waals surface area contributed by atoms with Gasteiger partial charge in [-0.1, -0.05) is 12.1 Å². The van der Waals surface area contributed by atoms with Gasteiger partial charge in [0.15, 0.2) is 5.82 Å². The number of nitrogens with zero attached hydrogens (tertiary/aromatic N) is 2. The summed E-state index contributed by atoms with van der Waals surface area (Å²) in [6.45, 7) is -0.465. The number of pyridine rings is 1. The minimum absolute atomic E-state index is 0.0309. The summed E-state index contributed by atoms with van der Waals surface area (Å²) in [5.41, 5.74) is -0.0757. The second-order valence-corrected chi connectivity index (χ2v) is 6.65. The second-order valence-electron chi connectivity index (χ2n) is 6.65. The molecule has 32 heavy (non-hydrogen) atoms. The molecule has 172 valence electrons. The van der Waals surface area contributed by atoms with Crippen molar-refractivity contribution in [2.75, 3.05) is 30.5 Å². The smallest absolute Gasteiger partial charge is 0.406 e. The highest BCUT2D eigenvalue weighted by Crippen LogP contribution is 2.31. The van der Waals surface area contributed by atoms with Crippen LogP contribution in [0.4, 0.5) is 38.3 Å². The SMILES string of the molecule is COCC(NC(=O)N1CC(=O)Nc2cc(C(F)F)cnc21)c1ccc(OC(F)(F)F)cc1. The average molecular weight is 460 g/mol. The lowest BCUT2D eigenvalue weighted by atomic mass is 10.1. The van der Waals surface area contributed by atoms with Gasteiger partial charge in [0.1, 0.15) is 12.3 Å². The van der Waals surface area contributed by atoms with Gasteiger partial charge in [-0.25, -0.2) is 18.6 Å². The van der Waals surface area contributed by atoms with Gasteiger partial charge in [0.05, 0.1) is 18.3 Å². The summed E-state index contributed by atoms with van der Waals surface area (Å²) >= 11 is 0. The van der Waals surface area contributed by atoms with Gasteiger partial charge in [0.25, 0.3) is 6.43 Å². The third kappa shape index (κ3) is 5.60. The number of anilines is 2. The van der Waals surface area contributed by atoms with E-state index in [1.54, 1.807) is 0 Å². The molecular formula is C19H17F5N4O4. The van der Waals surface area contributed by atoms with Crippen LogP contribution in [0.1, 0.15) is 23.6 Å². The molecule has 3 rings (SSSR count). The number of hydrogen-bond donors (Lipinski definition) is 2. The van der Waals surface area contributed by atoms with Crippen LogP contribution in [0.5, 0.6) is 5.75 Å². The van der Waals surface area contributed by atoms with Gasteiger partial charge in [-0.15, -0.1) is 13.2 Å². The average Bonchev–Trinajstić information content (AvgIpc) is 2.71. The first kappa shape index (κ1) is 23.2. The molecule has 2 aromatic rings. The molecule has 1 aliphatic heterocycles. The van der Waals surface area contributed by atoms with E-state index in [1.165, 1.54) is 19.2 Å². The number of rotatable bonds is 6. The van der Waals surface area contributed by atoms with Crippen molar-refractivity contribution in [2.24, 2.45) is 0 Å². The molecule has 1 aliphatic rings. The third-order valence-electron chi connectivity index (χ3n) is 4.36. The molecule has 2 heterocycles. The number of fused-ring (bicyclic) bond motifs is 1. The molecule has 0 radical (unpaired) electrons. The van der Waals surface area contributed by atoms with Gasteiger partial charge in [-0.2, -0.15) is 0 Å². The lowest BCUT2D eigenvalue weighted by Crippen LogP contribution is -2.49. The van der Waals surface area contributed by atoms with Crippen LogP contribution >= 0.6 is 0 Å². The summed E-state index contributed by atoms with van der Waals surface area (Å²) in [5.74, 6) is -1.08. The first-order chi connectivity index (χ1) is 15.1. The molecule has 0 saturated heterocycles. The van der Waals surface area contributed by atoms with Gasteiger partial charge in [0, 0.05) is 18.9 Å². The summed E-state index contributed by atoms with van der Waals surface area (Å²) in [4.78, 5) is 29.7. The van der Waals surface area contributed by atoms with E-state index in [2.05, 4.69) is 20.4 Å². The van der Waals surface area contributed by atoms with E-state index in [4.69, 9.17) is 4.74 Å². The van der Waals surface area contributed by atoms with Crippen LogP contribution in [-0.2, 0) is 9.53 Å². The Morgan fingerprint density at radius 2 is 1.94 bits per heavy atom. The Bertz CT molecular complexity index is 985. The molecule has 13 heteroatoms. The number of benzene rings is 1. The van der Waals surface area contributed by atoms with Crippen molar-refractivity contribution in [1.82, 2.24) is 10.3 Å². The minimum Gasteiger partial charge on any atom is -0.406 e. The Morgan fingerprint density at radius 1 is 1.25 bits per heavy atom. The quantitative estimate of drug-likeness (QED) is 0.641. The molecule has 0 spiro atoms. The molecule has 3 amide bonds. The lowest BCUT2D eigenvalue weighted by molar-refractivity contribution is -0.274. The fraction of sp³-hybridized carbons (Fsp3) is 0.316. The molecule has 0 fully saturated rings. The Morgan fingerprint density at radius 3 is 2.53 bits per heavy atom. The highest BCUT2D eigenvalue weighted by molar-refractivity contribution is 6.08. The number of alkyl halides is 5. The normalized spacial score (nSPS) is 14.6. The Balaban J connectivity index is 1.80. The molecular weight excluding hydrogens is 443 g/mol. The maximum atomic E-state index is 12.9. The van der Waals surface area contributed by atoms with Gasteiger partial charge < -0.3 is 20.1 Å². The van der Waals surface area contributed by atoms with Crippen molar-refractivity contribution in [2.45, 2.75) is 18.8 Å². The van der Waals surface area contributed by atoms with Crippen molar-refractivity contribution in [3.05, 3.63) is 47.7 Å². The van der Waals surface area contributed by atoms with Crippen molar-refractivity contribution in [1.29, 1.82) is 0 Å². The van der Waals surface area contributed by atoms with Crippen LogP contribution in [0, 0.1) is 0 Å². The summed E-state index contributed by atoms with van der Waals surface area (Å²) in [5, 5.41) is 4.99. The molecule has 0 saturated carbocycles. The number of carbonyl (C=O) groups excluding carboxylic acids is 2. The monoisotopic (exact) mass is 460 g/mol. The predicted molar refractivity (Wildman–Crippen MR) is 101 cm³/mol. The number of ether oxygens (including phenoxy) is 2. The molecule has 0 bridgehead atoms. The predicted octanol–water partition coefficient (Wildman–Crippen LogP) is 3.77. The van der Waals surface area contributed by atoms with Crippen molar-refractivity contribution in [3.63, 3.8) is 0 Å². The van der Waals surface area contributed by atoms with Gasteiger partial charge in [-0.05, 0) is 23.8 Å². The van der Waals surface area contributed by atoms with Crippen molar-refractivity contribution in [3.8, 4) is 5.75 Å². The lowest BCUT2D eigenvalue weighted by Gasteiger charge is -2.30. The van der Waals surface area contributed by atoms with E-state index in [-0.39, 0.29) is 18.1 Å². The summed E-state index contributed by atoms with van der Waals surface area (Å²) in [6.07, 6.45) is -6.77. The van der Waals surface area contributed by atoms with Crippen LogP contribution in [0.2, 0.25) is 0 Å². The van der Waals surface area contributed by atoms with Crippen LogP contribution in [0.15, 0.2) is 36.5 Å². The number of carbonyl (C=O) groups is 2. The zero-order valence-corrected chi connectivity index (χ0v) is 16.5. The molecule has 1 atom stereocenters. The number of halogens is 5. The molecule has 1 unspecified atom stereocenters. The molecule has 1 aromatic carbocycles. The number of nitrogens with one attached hydrogen (secondary N) is 2. The summed E-state index contributed by atoms with van der Waals surface area (Å²) in [6, 6.07) is 4.22. The highest BCUT2D eigenvalue weighted by Gasteiger charge is 2.32.